The van der Waals surface area contributed by atoms with Gasteiger partial charge in [0.25, 0.3) is 11.8 Å². The number of hydrogen-bond donors (Lipinski definition) is 0. The van der Waals surface area contributed by atoms with Crippen LogP contribution in [0.15, 0.2) is 72.8 Å². The Kier molecular flexibility index (Phi) is 8.21. The van der Waals surface area contributed by atoms with Gasteiger partial charge < -0.3 is 4.90 Å². The first-order valence-corrected chi connectivity index (χ1v) is 11.6. The van der Waals surface area contributed by atoms with Gasteiger partial charge in [-0.15, -0.1) is 0 Å². The van der Waals surface area contributed by atoms with Crippen LogP contribution in [-0.4, -0.2) is 23.6 Å². The number of rotatable bonds is 9. The summed E-state index contributed by atoms with van der Waals surface area (Å²) in [4.78, 5) is 27.0. The Balaban J connectivity index is 1.59. The van der Waals surface area contributed by atoms with Gasteiger partial charge in [-0.3, -0.25) is 9.59 Å². The van der Waals surface area contributed by atoms with E-state index in [0.29, 0.717) is 16.1 Å². The van der Waals surface area contributed by atoms with Crippen molar-refractivity contribution >= 4 is 23.3 Å². The number of benzene rings is 3. The lowest BCUT2D eigenvalue weighted by molar-refractivity contribution is -0.117. The van der Waals surface area contributed by atoms with E-state index >= 15 is 0 Å². The highest BCUT2D eigenvalue weighted by Gasteiger charge is 2.28. The third-order valence-electron chi connectivity index (χ3n) is 6.08. The van der Waals surface area contributed by atoms with Gasteiger partial charge in [0, 0.05) is 42.5 Å². The average molecular weight is 484 g/mol. The molecule has 0 unspecified atom stereocenters. The maximum atomic E-state index is 13.8. The predicted molar refractivity (Wildman–Crippen MR) is 131 cm³/mol. The van der Waals surface area contributed by atoms with E-state index in [9.17, 15) is 18.4 Å². The van der Waals surface area contributed by atoms with Crippen molar-refractivity contribution in [3.8, 4) is 0 Å². The van der Waals surface area contributed by atoms with Crippen molar-refractivity contribution in [3.63, 3.8) is 0 Å². The summed E-state index contributed by atoms with van der Waals surface area (Å²) in [5.41, 5.74) is 2.97. The first-order valence-electron chi connectivity index (χ1n) is 11.2. The molecule has 3 aromatic carbocycles. The molecule has 0 bridgehead atoms. The van der Waals surface area contributed by atoms with Crippen LogP contribution in [0.4, 0.5) is 8.78 Å². The molecule has 0 fully saturated rings. The molecule has 0 aliphatic heterocycles. The molecule has 6 heteroatoms. The van der Waals surface area contributed by atoms with E-state index < -0.39 is 5.92 Å². The van der Waals surface area contributed by atoms with E-state index in [0.717, 1.165) is 11.1 Å². The Labute approximate surface area is 204 Å². The SMILES string of the molecule is CCC(F)(F)c1ccc(CC(=O)Cc2ccc(C(=O)N(C)[C@@H](C)c3ccc(Cl)cc3)cc2)cc1. The molecule has 1 atom stereocenters. The summed E-state index contributed by atoms with van der Waals surface area (Å²) < 4.78 is 27.5. The lowest BCUT2D eigenvalue weighted by Crippen LogP contribution is -2.29. The van der Waals surface area contributed by atoms with Crippen molar-refractivity contribution in [3.05, 3.63) is 106 Å². The topological polar surface area (TPSA) is 37.4 Å². The van der Waals surface area contributed by atoms with Crippen molar-refractivity contribution < 1.29 is 18.4 Å². The van der Waals surface area contributed by atoms with Gasteiger partial charge in [-0.1, -0.05) is 67.1 Å². The normalized spacial score (nSPS) is 12.3. The van der Waals surface area contributed by atoms with Gasteiger partial charge in [-0.05, 0) is 47.9 Å². The van der Waals surface area contributed by atoms with Gasteiger partial charge in [-0.25, -0.2) is 8.78 Å². The van der Waals surface area contributed by atoms with E-state index in [2.05, 4.69) is 0 Å². The molecule has 3 nitrogen and oxygen atoms in total. The second kappa shape index (κ2) is 10.9. The number of halogens is 3. The third-order valence-corrected chi connectivity index (χ3v) is 6.33. The summed E-state index contributed by atoms with van der Waals surface area (Å²) in [5, 5.41) is 0.644. The maximum absolute atomic E-state index is 13.8. The van der Waals surface area contributed by atoms with Crippen molar-refractivity contribution in [2.75, 3.05) is 7.05 Å². The van der Waals surface area contributed by atoms with Crippen LogP contribution in [0.2, 0.25) is 5.02 Å². The Bertz CT molecular complexity index is 1130. The van der Waals surface area contributed by atoms with E-state index in [4.69, 9.17) is 11.6 Å². The number of hydrogen-bond acceptors (Lipinski definition) is 2. The zero-order valence-corrected chi connectivity index (χ0v) is 20.3. The van der Waals surface area contributed by atoms with Crippen LogP contribution >= 0.6 is 11.6 Å². The zero-order chi connectivity index (χ0) is 24.9. The maximum Gasteiger partial charge on any atom is 0.273 e. The molecule has 0 heterocycles. The second-order valence-corrected chi connectivity index (χ2v) is 8.92. The molecular formula is C28H28ClF2NO2. The smallest absolute Gasteiger partial charge is 0.273 e. The van der Waals surface area contributed by atoms with Crippen molar-refractivity contribution in [1.29, 1.82) is 0 Å². The summed E-state index contributed by atoms with van der Waals surface area (Å²) in [7, 11) is 1.75. The molecular weight excluding hydrogens is 456 g/mol. The summed E-state index contributed by atoms with van der Waals surface area (Å²) in [6.45, 7) is 3.39. The minimum atomic E-state index is -2.86. The van der Waals surface area contributed by atoms with Crippen molar-refractivity contribution in [1.82, 2.24) is 4.90 Å². The van der Waals surface area contributed by atoms with E-state index in [1.807, 2.05) is 19.1 Å². The predicted octanol–water partition coefficient (Wildman–Crippen LogP) is 7.03. The summed E-state index contributed by atoms with van der Waals surface area (Å²) in [6.07, 6.45) is 0.109. The fourth-order valence-electron chi connectivity index (χ4n) is 3.70. The number of alkyl halides is 2. The number of carbonyl (C=O) groups excluding carboxylic acids is 2. The van der Waals surface area contributed by atoms with Crippen LogP contribution in [-0.2, 0) is 23.6 Å². The number of amides is 1. The molecule has 0 saturated carbocycles. The number of nitrogens with zero attached hydrogens (tertiary/aromatic N) is 1. The van der Waals surface area contributed by atoms with Crippen molar-refractivity contribution in [2.24, 2.45) is 0 Å². The highest BCUT2D eigenvalue weighted by molar-refractivity contribution is 6.30. The molecule has 0 aliphatic carbocycles. The molecule has 0 aromatic heterocycles. The quantitative estimate of drug-likeness (QED) is 0.327. The summed E-state index contributed by atoms with van der Waals surface area (Å²) >= 11 is 5.95. The van der Waals surface area contributed by atoms with Crippen LogP contribution in [0.5, 0.6) is 0 Å². The monoisotopic (exact) mass is 483 g/mol. The van der Waals surface area contributed by atoms with Gasteiger partial charge >= 0.3 is 0 Å². The first-order chi connectivity index (χ1) is 16.1. The van der Waals surface area contributed by atoms with Gasteiger partial charge in [0.2, 0.25) is 0 Å². The van der Waals surface area contributed by atoms with Crippen LogP contribution in [0.1, 0.15) is 58.9 Å². The molecule has 0 radical (unpaired) electrons. The fourth-order valence-corrected chi connectivity index (χ4v) is 3.82. The molecule has 3 aromatic rings. The summed E-state index contributed by atoms with van der Waals surface area (Å²) in [5.74, 6) is -3.01. The molecule has 0 saturated heterocycles. The van der Waals surface area contributed by atoms with Gasteiger partial charge in [0.1, 0.15) is 5.78 Å². The molecule has 3 rings (SSSR count). The Morgan fingerprint density at radius 3 is 1.88 bits per heavy atom. The van der Waals surface area contributed by atoms with E-state index in [-0.39, 0.29) is 42.6 Å². The Morgan fingerprint density at radius 1 is 0.882 bits per heavy atom. The van der Waals surface area contributed by atoms with Crippen molar-refractivity contribution in [2.45, 2.75) is 45.1 Å². The molecule has 0 N–H and O–H groups in total. The number of ketones is 1. The average Bonchev–Trinajstić information content (AvgIpc) is 2.84. The highest BCUT2D eigenvalue weighted by atomic mass is 35.5. The molecule has 34 heavy (non-hydrogen) atoms. The van der Waals surface area contributed by atoms with Gasteiger partial charge in [0.05, 0.1) is 6.04 Å². The van der Waals surface area contributed by atoms with Crippen LogP contribution in [0.25, 0.3) is 0 Å². The second-order valence-electron chi connectivity index (χ2n) is 8.49. The van der Waals surface area contributed by atoms with E-state index in [1.165, 1.54) is 19.1 Å². The molecule has 0 aliphatic rings. The highest BCUT2D eigenvalue weighted by Crippen LogP contribution is 2.31. The molecule has 1 amide bonds. The van der Waals surface area contributed by atoms with Crippen LogP contribution in [0.3, 0.4) is 0 Å². The molecule has 0 spiro atoms. The Morgan fingerprint density at radius 2 is 1.38 bits per heavy atom. The first kappa shape index (κ1) is 25.6. The van der Waals surface area contributed by atoms with E-state index in [1.54, 1.807) is 60.5 Å². The van der Waals surface area contributed by atoms with Crippen LogP contribution in [0, 0.1) is 0 Å². The number of Topliss-reactive ketones (excluding diaryl/α,β-unsaturated/α-hetero) is 1. The minimum Gasteiger partial charge on any atom is -0.335 e. The zero-order valence-electron chi connectivity index (χ0n) is 19.5. The lowest BCUT2D eigenvalue weighted by atomic mass is 9.99. The minimum absolute atomic E-state index is 0.0254. The summed E-state index contributed by atoms with van der Waals surface area (Å²) in [6, 6.07) is 20.2. The lowest BCUT2D eigenvalue weighted by Gasteiger charge is -2.25. The standard InChI is InChI=1S/C28H28ClF2NO2/c1-4-28(30,31)24-13-7-21(8-14-24)18-26(33)17-20-5-9-23(10-6-20)27(34)32(3)19(2)22-11-15-25(29)16-12-22/h5-16,19H,4,17-18H2,1-3H3/t19-/m0/s1. The largest absolute Gasteiger partial charge is 0.335 e. The molecule has 178 valence electrons. The third kappa shape index (κ3) is 6.29. The Hall–Kier alpha value is -3.05. The number of carbonyl (C=O) groups is 2. The van der Waals surface area contributed by atoms with Gasteiger partial charge in [0.15, 0.2) is 0 Å². The van der Waals surface area contributed by atoms with Gasteiger partial charge in [-0.2, -0.15) is 0 Å². The fraction of sp³-hybridized carbons (Fsp3) is 0.286. The van der Waals surface area contributed by atoms with Crippen LogP contribution < -0.4 is 0 Å².